The molecule has 0 spiro atoms. The molecule has 1 aromatic carbocycles. The summed E-state index contributed by atoms with van der Waals surface area (Å²) >= 11 is 1.71. The van der Waals surface area contributed by atoms with E-state index >= 15 is 0 Å². The van der Waals surface area contributed by atoms with Crippen molar-refractivity contribution in [3.63, 3.8) is 0 Å². The minimum absolute atomic E-state index is 0.0143. The lowest BCUT2D eigenvalue weighted by Gasteiger charge is -2.30. The van der Waals surface area contributed by atoms with Gasteiger partial charge in [-0.05, 0) is 42.3 Å². The molecule has 3 rings (SSSR count). The minimum atomic E-state index is 0.0143. The van der Waals surface area contributed by atoms with Crippen molar-refractivity contribution in [2.24, 2.45) is 5.92 Å². The Bertz CT molecular complexity index is 733. The molecule has 1 fully saturated rings. The first-order valence-corrected chi connectivity index (χ1v) is 9.92. The standard InChI is InChI=1S/C21H24N2O2S/c24-20(9-8-17-5-2-1-3-6-17)23-14-11-18(12-15-23)21(25)22-13-10-19-7-4-16-26-19/h1-9,16,18H,10-15H2,(H,22,25)/b9-8+. The summed E-state index contributed by atoms with van der Waals surface area (Å²) in [5.41, 5.74) is 1.01. The van der Waals surface area contributed by atoms with E-state index in [2.05, 4.69) is 16.8 Å². The predicted octanol–water partition coefficient (Wildman–Crippen LogP) is 3.36. The number of nitrogens with one attached hydrogen (secondary N) is 1. The number of piperidine rings is 1. The zero-order chi connectivity index (χ0) is 18.2. The maximum Gasteiger partial charge on any atom is 0.246 e. The Morgan fingerprint density at radius 1 is 1.12 bits per heavy atom. The molecule has 26 heavy (non-hydrogen) atoms. The van der Waals surface area contributed by atoms with Gasteiger partial charge in [-0.3, -0.25) is 9.59 Å². The number of amides is 2. The van der Waals surface area contributed by atoms with E-state index in [4.69, 9.17) is 0 Å². The van der Waals surface area contributed by atoms with Gasteiger partial charge in [0.2, 0.25) is 11.8 Å². The van der Waals surface area contributed by atoms with E-state index in [-0.39, 0.29) is 17.7 Å². The van der Waals surface area contributed by atoms with E-state index in [1.54, 1.807) is 17.4 Å². The van der Waals surface area contributed by atoms with E-state index in [9.17, 15) is 9.59 Å². The largest absolute Gasteiger partial charge is 0.355 e. The van der Waals surface area contributed by atoms with Crippen LogP contribution in [0, 0.1) is 5.92 Å². The number of carbonyl (C=O) groups excluding carboxylic acids is 2. The molecule has 1 N–H and O–H groups in total. The van der Waals surface area contributed by atoms with Crippen LogP contribution in [-0.4, -0.2) is 36.3 Å². The molecule has 136 valence electrons. The van der Waals surface area contributed by atoms with Crippen LogP contribution in [0.25, 0.3) is 6.08 Å². The molecular formula is C21H24N2O2S. The van der Waals surface area contributed by atoms with Gasteiger partial charge < -0.3 is 10.2 Å². The lowest BCUT2D eigenvalue weighted by molar-refractivity contribution is -0.132. The monoisotopic (exact) mass is 368 g/mol. The molecule has 1 aromatic heterocycles. The summed E-state index contributed by atoms with van der Waals surface area (Å²) in [4.78, 5) is 27.7. The predicted molar refractivity (Wildman–Crippen MR) is 106 cm³/mol. The number of hydrogen-bond donors (Lipinski definition) is 1. The molecule has 2 heterocycles. The third kappa shape index (κ3) is 5.30. The van der Waals surface area contributed by atoms with E-state index in [1.165, 1.54) is 4.88 Å². The second kappa shape index (κ2) is 9.34. The topological polar surface area (TPSA) is 49.4 Å². The van der Waals surface area contributed by atoms with Crippen LogP contribution >= 0.6 is 11.3 Å². The van der Waals surface area contributed by atoms with E-state index in [0.29, 0.717) is 19.6 Å². The Kier molecular flexibility index (Phi) is 6.61. The number of benzene rings is 1. The second-order valence-electron chi connectivity index (χ2n) is 6.46. The fourth-order valence-corrected chi connectivity index (χ4v) is 3.82. The fourth-order valence-electron chi connectivity index (χ4n) is 3.11. The fraction of sp³-hybridized carbons (Fsp3) is 0.333. The van der Waals surface area contributed by atoms with Gasteiger partial charge in [0.25, 0.3) is 0 Å². The van der Waals surface area contributed by atoms with E-state index in [1.807, 2.05) is 47.4 Å². The quantitative estimate of drug-likeness (QED) is 0.795. The van der Waals surface area contributed by atoms with Gasteiger partial charge in [-0.1, -0.05) is 36.4 Å². The number of carbonyl (C=O) groups is 2. The van der Waals surface area contributed by atoms with Crippen molar-refractivity contribution < 1.29 is 9.59 Å². The molecule has 2 aromatic rings. The second-order valence-corrected chi connectivity index (χ2v) is 7.50. The summed E-state index contributed by atoms with van der Waals surface area (Å²) in [6.45, 7) is 1.96. The summed E-state index contributed by atoms with van der Waals surface area (Å²) in [5, 5.41) is 5.08. The summed E-state index contributed by atoms with van der Waals surface area (Å²) in [6.07, 6.45) is 5.80. The van der Waals surface area contributed by atoms with Crippen LogP contribution in [0.15, 0.2) is 53.9 Å². The van der Waals surface area contributed by atoms with Gasteiger partial charge in [-0.2, -0.15) is 0 Å². The number of rotatable bonds is 6. The smallest absolute Gasteiger partial charge is 0.246 e. The molecule has 2 amide bonds. The molecule has 0 unspecified atom stereocenters. The molecule has 1 aliphatic rings. The number of thiophene rings is 1. The average Bonchev–Trinajstić information content (AvgIpc) is 3.20. The lowest BCUT2D eigenvalue weighted by atomic mass is 9.95. The molecule has 1 aliphatic heterocycles. The molecule has 0 saturated carbocycles. The van der Waals surface area contributed by atoms with Gasteiger partial charge >= 0.3 is 0 Å². The van der Waals surface area contributed by atoms with Crippen LogP contribution in [0.4, 0.5) is 0 Å². The molecule has 0 aliphatic carbocycles. The average molecular weight is 369 g/mol. The first-order chi connectivity index (χ1) is 12.7. The maximum absolute atomic E-state index is 12.3. The van der Waals surface area contributed by atoms with Gasteiger partial charge in [0.1, 0.15) is 0 Å². The number of nitrogens with zero attached hydrogens (tertiary/aromatic N) is 1. The Labute approximate surface area is 158 Å². The van der Waals surface area contributed by atoms with Crippen molar-refractivity contribution >= 4 is 29.2 Å². The Morgan fingerprint density at radius 3 is 2.58 bits per heavy atom. The highest BCUT2D eigenvalue weighted by atomic mass is 32.1. The number of likely N-dealkylation sites (tertiary alicyclic amines) is 1. The van der Waals surface area contributed by atoms with Crippen LogP contribution < -0.4 is 5.32 Å². The van der Waals surface area contributed by atoms with E-state index < -0.39 is 0 Å². The maximum atomic E-state index is 12.3. The first kappa shape index (κ1) is 18.4. The number of hydrogen-bond acceptors (Lipinski definition) is 3. The van der Waals surface area contributed by atoms with Gasteiger partial charge in [0, 0.05) is 36.5 Å². The highest BCUT2D eigenvalue weighted by molar-refractivity contribution is 7.09. The molecule has 4 nitrogen and oxygen atoms in total. The third-order valence-electron chi connectivity index (χ3n) is 4.65. The van der Waals surface area contributed by atoms with Gasteiger partial charge in [-0.15, -0.1) is 11.3 Å². The summed E-state index contributed by atoms with van der Waals surface area (Å²) in [7, 11) is 0. The van der Waals surface area contributed by atoms with Crippen molar-refractivity contribution in [1.29, 1.82) is 0 Å². The van der Waals surface area contributed by atoms with Crippen molar-refractivity contribution in [3.8, 4) is 0 Å². The Balaban J connectivity index is 1.39. The summed E-state index contributed by atoms with van der Waals surface area (Å²) in [5.74, 6) is 0.152. The van der Waals surface area contributed by atoms with Gasteiger partial charge in [0.15, 0.2) is 0 Å². The summed E-state index contributed by atoms with van der Waals surface area (Å²) < 4.78 is 0. The van der Waals surface area contributed by atoms with Crippen LogP contribution in [0.3, 0.4) is 0 Å². The van der Waals surface area contributed by atoms with Crippen molar-refractivity contribution in [1.82, 2.24) is 10.2 Å². The summed E-state index contributed by atoms with van der Waals surface area (Å²) in [6, 6.07) is 13.9. The van der Waals surface area contributed by atoms with Crippen LogP contribution in [-0.2, 0) is 16.0 Å². The Morgan fingerprint density at radius 2 is 1.88 bits per heavy atom. The van der Waals surface area contributed by atoms with Crippen LogP contribution in [0.1, 0.15) is 23.3 Å². The van der Waals surface area contributed by atoms with Crippen molar-refractivity contribution in [3.05, 3.63) is 64.4 Å². The zero-order valence-corrected chi connectivity index (χ0v) is 15.6. The zero-order valence-electron chi connectivity index (χ0n) is 14.8. The van der Waals surface area contributed by atoms with Crippen molar-refractivity contribution in [2.45, 2.75) is 19.3 Å². The van der Waals surface area contributed by atoms with E-state index in [0.717, 1.165) is 24.8 Å². The highest BCUT2D eigenvalue weighted by Crippen LogP contribution is 2.18. The molecule has 0 radical (unpaired) electrons. The minimum Gasteiger partial charge on any atom is -0.355 e. The molecule has 5 heteroatoms. The third-order valence-corrected chi connectivity index (χ3v) is 5.58. The molecule has 1 saturated heterocycles. The van der Waals surface area contributed by atoms with Crippen LogP contribution in [0.2, 0.25) is 0 Å². The Hall–Kier alpha value is -2.40. The van der Waals surface area contributed by atoms with Crippen molar-refractivity contribution in [2.75, 3.05) is 19.6 Å². The van der Waals surface area contributed by atoms with Crippen LogP contribution in [0.5, 0.6) is 0 Å². The van der Waals surface area contributed by atoms with Gasteiger partial charge in [-0.25, -0.2) is 0 Å². The molecule has 0 bridgehead atoms. The lowest BCUT2D eigenvalue weighted by Crippen LogP contribution is -2.42. The normalized spacial score (nSPS) is 15.3. The van der Waals surface area contributed by atoms with Gasteiger partial charge in [0.05, 0.1) is 0 Å². The molecule has 0 atom stereocenters. The highest BCUT2D eigenvalue weighted by Gasteiger charge is 2.26. The molecular weight excluding hydrogens is 344 g/mol. The SMILES string of the molecule is O=C(NCCc1cccs1)C1CCN(C(=O)/C=C/c2ccccc2)CC1. The first-order valence-electron chi connectivity index (χ1n) is 9.04.